The van der Waals surface area contributed by atoms with Crippen molar-refractivity contribution in [2.75, 3.05) is 16.8 Å². The predicted octanol–water partition coefficient (Wildman–Crippen LogP) is 3.91. The van der Waals surface area contributed by atoms with Gasteiger partial charge in [0.1, 0.15) is 11.9 Å². The second kappa shape index (κ2) is 6.55. The Bertz CT molecular complexity index is 1020. The first-order valence-corrected chi connectivity index (χ1v) is 9.43. The number of aromatic nitrogens is 3. The van der Waals surface area contributed by atoms with Crippen LogP contribution in [0.5, 0.6) is 0 Å². The van der Waals surface area contributed by atoms with E-state index in [1.165, 1.54) is 0 Å². The number of carbonyl (C=O) groups excluding carboxylic acids is 1. The standard InChI is InChI=1S/C18H17BrClN5O/c1-10-7-16(24(2)23-10)25-6-4-15(18(25)26)22-14-3-5-21-17-12(14)8-11(19)9-13(17)20/h3,5,7-9,15H,4,6H2,1-2H3,(H,21,22). The molecule has 3 aromatic rings. The van der Waals surface area contributed by atoms with Crippen LogP contribution in [-0.4, -0.2) is 33.3 Å². The molecule has 0 radical (unpaired) electrons. The zero-order valence-electron chi connectivity index (χ0n) is 14.3. The van der Waals surface area contributed by atoms with Gasteiger partial charge in [-0.3, -0.25) is 19.4 Å². The number of amides is 1. The number of pyridine rings is 1. The van der Waals surface area contributed by atoms with Crippen molar-refractivity contribution in [3.63, 3.8) is 0 Å². The average molecular weight is 435 g/mol. The van der Waals surface area contributed by atoms with Crippen molar-refractivity contribution in [1.82, 2.24) is 14.8 Å². The number of nitrogens with zero attached hydrogens (tertiary/aromatic N) is 4. The van der Waals surface area contributed by atoms with Crippen molar-refractivity contribution in [2.24, 2.45) is 7.05 Å². The minimum absolute atomic E-state index is 0.0408. The molecule has 1 fully saturated rings. The molecule has 0 spiro atoms. The number of anilines is 2. The quantitative estimate of drug-likeness (QED) is 0.679. The third kappa shape index (κ3) is 2.95. The zero-order valence-corrected chi connectivity index (χ0v) is 16.7. The van der Waals surface area contributed by atoms with Gasteiger partial charge in [0, 0.05) is 41.4 Å². The molecular weight excluding hydrogens is 418 g/mol. The van der Waals surface area contributed by atoms with Gasteiger partial charge in [-0.2, -0.15) is 5.10 Å². The highest BCUT2D eigenvalue weighted by Crippen LogP contribution is 2.32. The van der Waals surface area contributed by atoms with E-state index in [-0.39, 0.29) is 11.9 Å². The van der Waals surface area contributed by atoms with Crippen molar-refractivity contribution >= 4 is 55.8 Å². The molecule has 4 rings (SSSR count). The number of aryl methyl sites for hydroxylation is 2. The number of nitrogens with one attached hydrogen (secondary N) is 1. The Morgan fingerprint density at radius 2 is 2.15 bits per heavy atom. The number of hydrogen-bond acceptors (Lipinski definition) is 4. The molecule has 6 nitrogen and oxygen atoms in total. The molecule has 0 aliphatic carbocycles. The Kier molecular flexibility index (Phi) is 4.36. The van der Waals surface area contributed by atoms with Crippen molar-refractivity contribution in [3.8, 4) is 0 Å². The highest BCUT2D eigenvalue weighted by Gasteiger charge is 2.34. The summed E-state index contributed by atoms with van der Waals surface area (Å²) in [6, 6.07) is 7.27. The first kappa shape index (κ1) is 17.3. The monoisotopic (exact) mass is 433 g/mol. The topological polar surface area (TPSA) is 63.1 Å². The number of hydrogen-bond donors (Lipinski definition) is 1. The van der Waals surface area contributed by atoms with Gasteiger partial charge >= 0.3 is 0 Å². The average Bonchev–Trinajstić information content (AvgIpc) is 3.10. The van der Waals surface area contributed by atoms with Gasteiger partial charge in [-0.1, -0.05) is 27.5 Å². The molecule has 1 atom stereocenters. The summed E-state index contributed by atoms with van der Waals surface area (Å²) in [5, 5.41) is 9.16. The van der Waals surface area contributed by atoms with Crippen molar-refractivity contribution in [3.05, 3.63) is 45.7 Å². The molecule has 1 saturated heterocycles. The van der Waals surface area contributed by atoms with Crippen LogP contribution < -0.4 is 10.2 Å². The molecule has 8 heteroatoms. The summed E-state index contributed by atoms with van der Waals surface area (Å²) in [5.41, 5.74) is 2.45. The van der Waals surface area contributed by atoms with Crippen LogP contribution in [0.3, 0.4) is 0 Å². The third-order valence-corrected chi connectivity index (χ3v) is 5.30. The second-order valence-electron chi connectivity index (χ2n) is 6.39. The van der Waals surface area contributed by atoms with E-state index >= 15 is 0 Å². The molecule has 1 N–H and O–H groups in total. The van der Waals surface area contributed by atoms with Crippen molar-refractivity contribution < 1.29 is 4.79 Å². The van der Waals surface area contributed by atoms with E-state index in [0.717, 1.165) is 27.1 Å². The maximum atomic E-state index is 12.9. The summed E-state index contributed by atoms with van der Waals surface area (Å²) in [7, 11) is 1.85. The lowest BCUT2D eigenvalue weighted by atomic mass is 10.1. The Morgan fingerprint density at radius 1 is 1.35 bits per heavy atom. The summed E-state index contributed by atoms with van der Waals surface area (Å²) in [4.78, 5) is 19.0. The second-order valence-corrected chi connectivity index (χ2v) is 7.71. The van der Waals surface area contributed by atoms with Gasteiger partial charge in [-0.15, -0.1) is 0 Å². The van der Waals surface area contributed by atoms with Gasteiger partial charge in [0.2, 0.25) is 0 Å². The lowest BCUT2D eigenvalue weighted by Crippen LogP contribution is -2.34. The fourth-order valence-electron chi connectivity index (χ4n) is 3.38. The smallest absolute Gasteiger partial charge is 0.250 e. The lowest BCUT2D eigenvalue weighted by Gasteiger charge is -2.18. The number of benzene rings is 1. The Hall–Kier alpha value is -2.12. The summed E-state index contributed by atoms with van der Waals surface area (Å²) < 4.78 is 2.62. The minimum atomic E-state index is -0.298. The number of rotatable bonds is 3. The molecule has 3 heterocycles. The Labute approximate surface area is 164 Å². The Balaban J connectivity index is 1.64. The van der Waals surface area contributed by atoms with Crippen LogP contribution in [0, 0.1) is 6.92 Å². The van der Waals surface area contributed by atoms with Crippen molar-refractivity contribution in [1.29, 1.82) is 0 Å². The van der Waals surface area contributed by atoms with E-state index in [0.29, 0.717) is 23.5 Å². The fourth-order valence-corrected chi connectivity index (χ4v) is 4.24. The molecule has 1 aromatic carbocycles. The molecule has 26 heavy (non-hydrogen) atoms. The van der Waals surface area contributed by atoms with E-state index in [1.54, 1.807) is 15.8 Å². The Morgan fingerprint density at radius 3 is 2.88 bits per heavy atom. The van der Waals surface area contributed by atoms with Crippen molar-refractivity contribution in [2.45, 2.75) is 19.4 Å². The molecule has 2 aromatic heterocycles. The zero-order chi connectivity index (χ0) is 18.4. The lowest BCUT2D eigenvalue weighted by molar-refractivity contribution is -0.117. The summed E-state index contributed by atoms with van der Waals surface area (Å²) in [6.45, 7) is 2.58. The van der Waals surface area contributed by atoms with E-state index in [9.17, 15) is 4.79 Å². The number of halogens is 2. The maximum Gasteiger partial charge on any atom is 0.250 e. The van der Waals surface area contributed by atoms with Crippen LogP contribution in [0.25, 0.3) is 10.9 Å². The number of fused-ring (bicyclic) bond motifs is 1. The van der Waals surface area contributed by atoms with Crippen LogP contribution >= 0.6 is 27.5 Å². The molecule has 1 aliphatic heterocycles. The number of carbonyl (C=O) groups is 1. The van der Waals surface area contributed by atoms with Gasteiger partial charge in [0.15, 0.2) is 0 Å². The van der Waals surface area contributed by atoms with Crippen LogP contribution in [0.4, 0.5) is 11.5 Å². The predicted molar refractivity (Wildman–Crippen MR) is 107 cm³/mol. The van der Waals surface area contributed by atoms with Crippen LogP contribution in [0.15, 0.2) is 34.9 Å². The molecule has 134 valence electrons. The molecular formula is C18H17BrClN5O. The first-order chi connectivity index (χ1) is 12.4. The molecule has 1 unspecified atom stereocenters. The van der Waals surface area contributed by atoms with Crippen LogP contribution in [0.2, 0.25) is 5.02 Å². The normalized spacial score (nSPS) is 17.3. The first-order valence-electron chi connectivity index (χ1n) is 8.26. The maximum absolute atomic E-state index is 12.9. The van der Waals surface area contributed by atoms with Gasteiger partial charge in [0.05, 0.1) is 16.2 Å². The molecule has 0 saturated carbocycles. The van der Waals surface area contributed by atoms with Gasteiger partial charge in [0.25, 0.3) is 5.91 Å². The van der Waals surface area contributed by atoms with E-state index in [2.05, 4.69) is 31.3 Å². The summed E-state index contributed by atoms with van der Waals surface area (Å²) >= 11 is 9.76. The van der Waals surface area contributed by atoms with Gasteiger partial charge < -0.3 is 5.32 Å². The fraction of sp³-hybridized carbons (Fsp3) is 0.278. The van der Waals surface area contributed by atoms with E-state index in [4.69, 9.17) is 11.6 Å². The van der Waals surface area contributed by atoms with Gasteiger partial charge in [-0.05, 0) is 31.5 Å². The summed E-state index contributed by atoms with van der Waals surface area (Å²) in [5.74, 6) is 0.862. The largest absolute Gasteiger partial charge is 0.373 e. The van der Waals surface area contributed by atoms with E-state index < -0.39 is 0 Å². The minimum Gasteiger partial charge on any atom is -0.373 e. The van der Waals surface area contributed by atoms with Crippen LogP contribution in [0.1, 0.15) is 12.1 Å². The third-order valence-electron chi connectivity index (χ3n) is 4.55. The molecule has 1 aliphatic rings. The van der Waals surface area contributed by atoms with Gasteiger partial charge in [-0.25, -0.2) is 0 Å². The molecule has 0 bridgehead atoms. The summed E-state index contributed by atoms with van der Waals surface area (Å²) in [6.07, 6.45) is 2.42. The highest BCUT2D eigenvalue weighted by atomic mass is 79.9. The SMILES string of the molecule is Cc1cc(N2CCC(Nc3ccnc4c(Cl)cc(Br)cc34)C2=O)n(C)n1. The van der Waals surface area contributed by atoms with Crippen LogP contribution in [-0.2, 0) is 11.8 Å². The van der Waals surface area contributed by atoms with E-state index in [1.807, 2.05) is 38.2 Å². The highest BCUT2D eigenvalue weighted by molar-refractivity contribution is 9.10. The molecule has 1 amide bonds.